The molecule has 3 N–H and O–H groups in total. The van der Waals surface area contributed by atoms with Crippen LogP contribution in [0.25, 0.3) is 0 Å². The highest BCUT2D eigenvalue weighted by molar-refractivity contribution is 5.95. The van der Waals surface area contributed by atoms with Crippen molar-refractivity contribution in [2.75, 3.05) is 6.61 Å². The van der Waals surface area contributed by atoms with E-state index in [9.17, 15) is 9.59 Å². The van der Waals surface area contributed by atoms with Crippen LogP contribution in [0.3, 0.4) is 0 Å². The summed E-state index contributed by atoms with van der Waals surface area (Å²) in [5.74, 6) is -0.262. The maximum atomic E-state index is 11.5. The maximum absolute atomic E-state index is 11.5. The smallest absolute Gasteiger partial charge is 0.420 e. The van der Waals surface area contributed by atoms with E-state index in [0.717, 1.165) is 12.8 Å². The van der Waals surface area contributed by atoms with Crippen LogP contribution < -0.4 is 20.5 Å². The zero-order valence-electron chi connectivity index (χ0n) is 11.6. The van der Waals surface area contributed by atoms with Gasteiger partial charge in [0.1, 0.15) is 0 Å². The normalized spacial score (nSPS) is 11.6. The highest BCUT2D eigenvalue weighted by Gasteiger charge is 2.16. The molecule has 0 spiro atoms. The summed E-state index contributed by atoms with van der Waals surface area (Å²) in [5, 5.41) is 2.00. The van der Waals surface area contributed by atoms with Gasteiger partial charge in [-0.1, -0.05) is 13.3 Å². The second-order valence-corrected chi connectivity index (χ2v) is 4.18. The van der Waals surface area contributed by atoms with Crippen molar-refractivity contribution in [2.45, 2.75) is 32.7 Å². The number of amides is 2. The lowest BCUT2D eigenvalue weighted by Crippen LogP contribution is -2.42. The molecule has 1 aromatic heterocycles. The van der Waals surface area contributed by atoms with E-state index in [-0.39, 0.29) is 5.88 Å². The molecule has 0 radical (unpaired) electrons. The second kappa shape index (κ2) is 8.11. The van der Waals surface area contributed by atoms with Gasteiger partial charge in [0.05, 0.1) is 12.6 Å². The summed E-state index contributed by atoms with van der Waals surface area (Å²) in [5.41, 5.74) is 5.33. The second-order valence-electron chi connectivity index (χ2n) is 4.18. The molecule has 110 valence electrons. The number of hydrogen-bond donors (Lipinski definition) is 2. The van der Waals surface area contributed by atoms with Crippen molar-refractivity contribution < 1.29 is 19.1 Å². The number of imide groups is 1. The first-order chi connectivity index (χ1) is 9.54. The lowest BCUT2D eigenvalue weighted by molar-refractivity contribution is -0.121. The molecule has 7 nitrogen and oxygen atoms in total. The molecule has 1 heterocycles. The molecule has 0 bridgehead atoms. The van der Waals surface area contributed by atoms with Crippen LogP contribution in [0.15, 0.2) is 18.3 Å². The van der Waals surface area contributed by atoms with Gasteiger partial charge in [-0.15, -0.1) is 0 Å². The van der Waals surface area contributed by atoms with Gasteiger partial charge in [-0.2, -0.15) is 0 Å². The molecule has 0 aromatic carbocycles. The van der Waals surface area contributed by atoms with Crippen molar-refractivity contribution in [2.24, 2.45) is 5.73 Å². The number of carbonyl (C=O) groups is 2. The van der Waals surface area contributed by atoms with Crippen LogP contribution in [-0.4, -0.2) is 29.6 Å². The summed E-state index contributed by atoms with van der Waals surface area (Å²) in [6.45, 7) is 4.00. The summed E-state index contributed by atoms with van der Waals surface area (Å²) < 4.78 is 10.4. The Labute approximate surface area is 117 Å². The Bertz CT molecular complexity index is 463. The van der Waals surface area contributed by atoms with E-state index in [4.69, 9.17) is 15.2 Å². The predicted molar refractivity (Wildman–Crippen MR) is 72.5 cm³/mol. The molecule has 1 rings (SSSR count). The fourth-order valence-corrected chi connectivity index (χ4v) is 1.22. The van der Waals surface area contributed by atoms with Crippen LogP contribution >= 0.6 is 0 Å². The summed E-state index contributed by atoms with van der Waals surface area (Å²) in [6, 6.07) is 2.50. The van der Waals surface area contributed by atoms with Crippen LogP contribution in [0.2, 0.25) is 0 Å². The van der Waals surface area contributed by atoms with Gasteiger partial charge < -0.3 is 15.2 Å². The molecule has 1 atom stereocenters. The first-order valence-electron chi connectivity index (χ1n) is 6.40. The number of nitrogens with two attached hydrogens (primary N) is 1. The van der Waals surface area contributed by atoms with E-state index in [1.54, 1.807) is 12.1 Å². The zero-order valence-corrected chi connectivity index (χ0v) is 11.6. The van der Waals surface area contributed by atoms with Crippen molar-refractivity contribution in [3.8, 4) is 11.6 Å². The molecule has 0 unspecified atom stereocenters. The fraction of sp³-hybridized carbons (Fsp3) is 0.462. The van der Waals surface area contributed by atoms with Crippen LogP contribution in [0.1, 0.15) is 26.7 Å². The molecule has 0 aliphatic rings. The van der Waals surface area contributed by atoms with E-state index in [2.05, 4.69) is 4.98 Å². The first kappa shape index (κ1) is 15.9. The van der Waals surface area contributed by atoms with Gasteiger partial charge in [0.2, 0.25) is 5.91 Å². The van der Waals surface area contributed by atoms with Gasteiger partial charge in [0.25, 0.3) is 5.88 Å². The Morgan fingerprint density at radius 3 is 2.90 bits per heavy atom. The van der Waals surface area contributed by atoms with Crippen molar-refractivity contribution in [1.82, 2.24) is 10.3 Å². The predicted octanol–water partition coefficient (Wildman–Crippen LogP) is 1.22. The van der Waals surface area contributed by atoms with Gasteiger partial charge >= 0.3 is 6.09 Å². The van der Waals surface area contributed by atoms with Gasteiger partial charge in [-0.25, -0.2) is 9.78 Å². The molecule has 1 aromatic rings. The van der Waals surface area contributed by atoms with E-state index in [1.807, 2.05) is 12.2 Å². The minimum absolute atomic E-state index is 0.0126. The van der Waals surface area contributed by atoms with Gasteiger partial charge in [-0.3, -0.25) is 10.1 Å². The number of carbonyl (C=O) groups excluding carboxylic acids is 2. The largest absolute Gasteiger partial charge is 0.488 e. The van der Waals surface area contributed by atoms with Crippen LogP contribution in [-0.2, 0) is 4.79 Å². The third-order valence-corrected chi connectivity index (χ3v) is 2.32. The van der Waals surface area contributed by atoms with Gasteiger partial charge in [0.15, 0.2) is 5.75 Å². The average Bonchev–Trinajstić information content (AvgIpc) is 2.40. The van der Waals surface area contributed by atoms with Crippen molar-refractivity contribution in [3.05, 3.63) is 18.3 Å². The van der Waals surface area contributed by atoms with Crippen LogP contribution in [0.4, 0.5) is 4.79 Å². The molecule has 0 saturated heterocycles. The Kier molecular flexibility index (Phi) is 6.45. The van der Waals surface area contributed by atoms with E-state index < -0.39 is 18.0 Å². The molecule has 0 aliphatic heterocycles. The number of rotatable bonds is 6. The quantitative estimate of drug-likeness (QED) is 0.760. The topological polar surface area (TPSA) is 104 Å². The Morgan fingerprint density at radius 2 is 2.25 bits per heavy atom. The van der Waals surface area contributed by atoms with Crippen molar-refractivity contribution in [1.29, 1.82) is 0 Å². The fourth-order valence-electron chi connectivity index (χ4n) is 1.22. The van der Waals surface area contributed by atoms with Crippen molar-refractivity contribution in [3.63, 3.8) is 0 Å². The molecule has 2 amide bonds. The van der Waals surface area contributed by atoms with Crippen LogP contribution in [0.5, 0.6) is 11.6 Å². The standard InChI is InChI=1S/C13H19N3O4/c1-3-4-8-19-10-6-5-7-15-12(10)20-13(18)16-11(17)9(2)14/h5-7,9H,3-4,8,14H2,1-2H3,(H,16,17,18)/t9-/m0/s1. The molecular formula is C13H19N3O4. The summed E-state index contributed by atoms with van der Waals surface area (Å²) in [4.78, 5) is 26.7. The maximum Gasteiger partial charge on any atom is 0.420 e. The molecule has 20 heavy (non-hydrogen) atoms. The number of nitrogens with zero attached hydrogens (tertiary/aromatic N) is 1. The summed E-state index contributed by atoms with van der Waals surface area (Å²) in [7, 11) is 0. The number of unbranched alkanes of at least 4 members (excludes halogenated alkanes) is 1. The number of ether oxygens (including phenoxy) is 2. The third-order valence-electron chi connectivity index (χ3n) is 2.32. The van der Waals surface area contributed by atoms with Gasteiger partial charge in [0, 0.05) is 6.20 Å². The van der Waals surface area contributed by atoms with Crippen molar-refractivity contribution >= 4 is 12.0 Å². The number of nitrogens with one attached hydrogen (secondary N) is 1. The lowest BCUT2D eigenvalue weighted by atomic mass is 10.3. The lowest BCUT2D eigenvalue weighted by Gasteiger charge is -2.10. The molecule has 0 saturated carbocycles. The number of pyridine rings is 1. The van der Waals surface area contributed by atoms with Crippen LogP contribution in [0, 0.1) is 0 Å². The SMILES string of the molecule is CCCCOc1cccnc1OC(=O)NC(=O)[C@H](C)N. The zero-order chi connectivity index (χ0) is 15.0. The number of hydrogen-bond acceptors (Lipinski definition) is 6. The highest BCUT2D eigenvalue weighted by Crippen LogP contribution is 2.23. The van der Waals surface area contributed by atoms with E-state index in [1.165, 1.54) is 13.1 Å². The monoisotopic (exact) mass is 281 g/mol. The Hall–Kier alpha value is -2.15. The molecule has 7 heteroatoms. The third kappa shape index (κ3) is 5.23. The summed E-state index contributed by atoms with van der Waals surface area (Å²) >= 11 is 0. The molecular weight excluding hydrogens is 262 g/mol. The first-order valence-corrected chi connectivity index (χ1v) is 6.40. The average molecular weight is 281 g/mol. The summed E-state index contributed by atoms with van der Waals surface area (Å²) in [6.07, 6.45) is 2.39. The molecule has 0 aliphatic carbocycles. The van der Waals surface area contributed by atoms with Gasteiger partial charge in [-0.05, 0) is 25.5 Å². The van der Waals surface area contributed by atoms with E-state index >= 15 is 0 Å². The Balaban J connectivity index is 2.62. The highest BCUT2D eigenvalue weighted by atomic mass is 16.6. The number of aromatic nitrogens is 1. The molecule has 0 fully saturated rings. The Morgan fingerprint density at radius 1 is 1.50 bits per heavy atom. The minimum atomic E-state index is -0.939. The van der Waals surface area contributed by atoms with E-state index in [0.29, 0.717) is 12.4 Å². The minimum Gasteiger partial charge on any atom is -0.488 e.